The fourth-order valence-corrected chi connectivity index (χ4v) is 2.48. The third-order valence-corrected chi connectivity index (χ3v) is 3.56. The molecule has 0 saturated carbocycles. The molecule has 0 aliphatic rings. The number of methoxy groups -OCH3 is 1. The minimum Gasteiger partial charge on any atom is -0.506 e. The van der Waals surface area contributed by atoms with Crippen molar-refractivity contribution in [1.82, 2.24) is 4.40 Å². The Labute approximate surface area is 127 Å². The van der Waals surface area contributed by atoms with Gasteiger partial charge in [0.2, 0.25) is 5.78 Å². The maximum absolute atomic E-state index is 12.8. The number of pyridine rings is 1. The van der Waals surface area contributed by atoms with Gasteiger partial charge in [-0.15, -0.1) is 0 Å². The van der Waals surface area contributed by atoms with Crippen LogP contribution in [0, 0.1) is 13.0 Å². The molecule has 3 aromatic rings. The largest absolute Gasteiger partial charge is 0.506 e. The summed E-state index contributed by atoms with van der Waals surface area (Å²) in [5.41, 5.74) is 8.61. The number of nitrogen functional groups attached to an aromatic ring is 1. The van der Waals surface area contributed by atoms with Crippen molar-refractivity contribution in [2.24, 2.45) is 0 Å². The van der Waals surface area contributed by atoms with Crippen LogP contribution in [-0.4, -0.2) is 22.4 Å². The zero-order valence-electron chi connectivity index (χ0n) is 12.3. The van der Waals surface area contributed by atoms with Crippen molar-refractivity contribution in [1.29, 1.82) is 0 Å². The summed E-state index contributed by atoms with van der Waals surface area (Å²) in [5.74, 6) is 0.356. The lowest BCUT2D eigenvalue weighted by atomic mass is 10.0. The van der Waals surface area contributed by atoms with Crippen molar-refractivity contribution in [2.75, 3.05) is 12.8 Å². The molecule has 0 bridgehead atoms. The Bertz CT molecular complexity index is 881. The first kappa shape index (κ1) is 14.0. The van der Waals surface area contributed by atoms with Crippen LogP contribution in [0.25, 0.3) is 5.52 Å². The Morgan fingerprint density at radius 1 is 1.32 bits per heavy atom. The third-order valence-electron chi connectivity index (χ3n) is 3.56. The molecular formula is C17H15N2O3. The Hall–Kier alpha value is -2.95. The predicted molar refractivity (Wildman–Crippen MR) is 83.5 cm³/mol. The van der Waals surface area contributed by atoms with Gasteiger partial charge in [-0.05, 0) is 42.8 Å². The van der Waals surface area contributed by atoms with E-state index >= 15 is 0 Å². The first-order valence-electron chi connectivity index (χ1n) is 6.72. The number of rotatable bonds is 3. The number of hydrogen-bond acceptors (Lipinski definition) is 4. The molecule has 0 aliphatic heterocycles. The minimum absolute atomic E-state index is 0.0837. The molecule has 0 amide bonds. The highest BCUT2D eigenvalue weighted by atomic mass is 16.5. The van der Waals surface area contributed by atoms with Gasteiger partial charge in [-0.2, -0.15) is 0 Å². The fourth-order valence-electron chi connectivity index (χ4n) is 2.48. The van der Waals surface area contributed by atoms with Crippen molar-refractivity contribution in [3.63, 3.8) is 0 Å². The van der Waals surface area contributed by atoms with E-state index in [0.717, 1.165) is 5.52 Å². The Morgan fingerprint density at radius 3 is 2.82 bits per heavy atom. The van der Waals surface area contributed by atoms with Gasteiger partial charge < -0.3 is 20.0 Å². The topological polar surface area (TPSA) is 77.0 Å². The average molecular weight is 295 g/mol. The van der Waals surface area contributed by atoms with Crippen LogP contribution in [0.2, 0.25) is 0 Å². The molecule has 0 spiro atoms. The van der Waals surface area contributed by atoms with Crippen LogP contribution < -0.4 is 10.5 Å². The number of nitrogens with zero attached hydrogens (tertiary/aromatic N) is 1. The second-order valence-corrected chi connectivity index (χ2v) is 5.03. The van der Waals surface area contributed by atoms with E-state index in [4.69, 9.17) is 10.5 Å². The van der Waals surface area contributed by atoms with Crippen LogP contribution in [0.1, 0.15) is 21.6 Å². The summed E-state index contributed by atoms with van der Waals surface area (Å²) in [4.78, 5) is 12.8. The highest BCUT2D eigenvalue weighted by molar-refractivity contribution is 6.10. The molecule has 111 valence electrons. The third kappa shape index (κ3) is 2.16. The van der Waals surface area contributed by atoms with Gasteiger partial charge >= 0.3 is 0 Å². The number of hydrogen-bond donors (Lipinski definition) is 2. The average Bonchev–Trinajstić information content (AvgIpc) is 2.82. The van der Waals surface area contributed by atoms with Crippen LogP contribution in [0.3, 0.4) is 0 Å². The quantitative estimate of drug-likeness (QED) is 0.575. The van der Waals surface area contributed by atoms with E-state index in [9.17, 15) is 9.90 Å². The molecule has 0 aliphatic carbocycles. The molecule has 1 aromatic carbocycles. The second-order valence-electron chi connectivity index (χ2n) is 5.03. The van der Waals surface area contributed by atoms with Gasteiger partial charge in [0.05, 0.1) is 30.2 Å². The van der Waals surface area contributed by atoms with E-state index in [2.05, 4.69) is 6.07 Å². The number of nitrogens with two attached hydrogens (primary N) is 1. The van der Waals surface area contributed by atoms with Crippen molar-refractivity contribution in [2.45, 2.75) is 6.92 Å². The Morgan fingerprint density at radius 2 is 2.09 bits per heavy atom. The molecule has 1 radical (unpaired) electrons. The van der Waals surface area contributed by atoms with Crippen molar-refractivity contribution in [3.05, 3.63) is 59.4 Å². The molecule has 5 heteroatoms. The van der Waals surface area contributed by atoms with Crippen LogP contribution in [0.5, 0.6) is 11.5 Å². The molecule has 0 unspecified atom stereocenters. The van der Waals surface area contributed by atoms with Gasteiger partial charge in [0.15, 0.2) is 0 Å². The van der Waals surface area contributed by atoms with Crippen LogP contribution in [0.15, 0.2) is 36.5 Å². The zero-order chi connectivity index (χ0) is 15.9. The number of ketones is 1. The molecule has 0 saturated heterocycles. The smallest absolute Gasteiger partial charge is 0.210 e. The number of carbonyl (C=O) groups is 1. The number of fused-ring (bicyclic) bond motifs is 1. The predicted octanol–water partition coefficient (Wildman–Crippen LogP) is 2.58. The lowest BCUT2D eigenvalue weighted by Crippen LogP contribution is -2.07. The Balaban J connectivity index is 2.16. The number of anilines is 1. The van der Waals surface area contributed by atoms with Crippen molar-refractivity contribution in [3.8, 4) is 11.5 Å². The highest BCUT2D eigenvalue weighted by Gasteiger charge is 2.18. The Kier molecular flexibility index (Phi) is 3.25. The maximum Gasteiger partial charge on any atom is 0.210 e. The van der Waals surface area contributed by atoms with Crippen LogP contribution >= 0.6 is 0 Å². The van der Waals surface area contributed by atoms with E-state index in [0.29, 0.717) is 28.3 Å². The first-order valence-corrected chi connectivity index (χ1v) is 6.72. The maximum atomic E-state index is 12.8. The van der Waals surface area contributed by atoms with Gasteiger partial charge in [-0.3, -0.25) is 4.79 Å². The fraction of sp³-hybridized carbons (Fsp3) is 0.118. The normalized spacial score (nSPS) is 10.8. The number of aromatic hydroxyl groups is 1. The molecule has 2 heterocycles. The van der Waals surface area contributed by atoms with Crippen LogP contribution in [0.4, 0.5) is 5.69 Å². The summed E-state index contributed by atoms with van der Waals surface area (Å²) in [6.07, 6.45) is 1.50. The molecule has 3 N–H and O–H groups in total. The zero-order valence-corrected chi connectivity index (χ0v) is 12.3. The van der Waals surface area contributed by atoms with E-state index in [1.807, 2.05) is 6.92 Å². The number of benzene rings is 1. The van der Waals surface area contributed by atoms with E-state index in [1.54, 1.807) is 34.7 Å². The minimum atomic E-state index is -0.183. The monoisotopic (exact) mass is 295 g/mol. The summed E-state index contributed by atoms with van der Waals surface area (Å²) in [6.45, 7) is 1.81. The van der Waals surface area contributed by atoms with Gasteiger partial charge in [0.1, 0.15) is 11.5 Å². The highest BCUT2D eigenvalue weighted by Crippen LogP contribution is 2.26. The summed E-state index contributed by atoms with van der Waals surface area (Å²) in [6, 6.07) is 11.3. The molecule has 0 atom stereocenters. The van der Waals surface area contributed by atoms with Gasteiger partial charge in [-0.25, -0.2) is 0 Å². The number of aromatic nitrogens is 1. The van der Waals surface area contributed by atoms with Crippen LogP contribution in [-0.2, 0) is 0 Å². The molecule has 0 fully saturated rings. The summed E-state index contributed by atoms with van der Waals surface area (Å²) in [7, 11) is 1.50. The standard InChI is InChI=1S/C17H15N2O3/c1-10-7-12-4-5-13(20)9-19(12)16(10)17(21)11-3-6-14(18)15(8-11)22-2/h3-6,8-9,20H,18H2,1-2H3. The molecule has 3 rings (SSSR count). The lowest BCUT2D eigenvalue weighted by Gasteiger charge is -2.08. The van der Waals surface area contributed by atoms with Gasteiger partial charge in [-0.1, -0.05) is 0 Å². The van der Waals surface area contributed by atoms with E-state index in [1.165, 1.54) is 13.3 Å². The van der Waals surface area contributed by atoms with Gasteiger partial charge in [0.25, 0.3) is 0 Å². The van der Waals surface area contributed by atoms with Crippen molar-refractivity contribution >= 4 is 17.0 Å². The van der Waals surface area contributed by atoms with E-state index < -0.39 is 0 Å². The number of aryl methyl sites for hydroxylation is 1. The van der Waals surface area contributed by atoms with E-state index in [-0.39, 0.29) is 11.5 Å². The number of carbonyl (C=O) groups excluding carboxylic acids is 1. The SMILES string of the molecule is COc1cc(C(=O)c2c(C)[c]c3ccc(O)cn23)ccc1N. The summed E-state index contributed by atoms with van der Waals surface area (Å²) < 4.78 is 6.79. The molecular weight excluding hydrogens is 280 g/mol. The first-order chi connectivity index (χ1) is 10.5. The van der Waals surface area contributed by atoms with Crippen molar-refractivity contribution < 1.29 is 14.6 Å². The molecule has 5 nitrogen and oxygen atoms in total. The number of ether oxygens (including phenoxy) is 1. The molecule has 2 aromatic heterocycles. The summed E-state index contributed by atoms with van der Waals surface area (Å²) >= 11 is 0. The molecule has 22 heavy (non-hydrogen) atoms. The van der Waals surface area contributed by atoms with Gasteiger partial charge in [0, 0.05) is 11.6 Å². The lowest BCUT2D eigenvalue weighted by molar-refractivity contribution is 0.103. The summed E-state index contributed by atoms with van der Waals surface area (Å²) in [5, 5.41) is 9.65. The second kappa shape index (κ2) is 5.11.